The number of oxazole rings is 1. The fourth-order valence-corrected chi connectivity index (χ4v) is 11.7. The lowest BCUT2D eigenvalue weighted by molar-refractivity contribution is -0.122. The van der Waals surface area contributed by atoms with E-state index in [2.05, 4.69) is 31.6 Å². The Morgan fingerprint density at radius 3 is 2.51 bits per heavy atom. The van der Waals surface area contributed by atoms with Crippen molar-refractivity contribution in [1.29, 1.82) is 5.26 Å². The molecule has 0 unspecified atom stereocenters. The van der Waals surface area contributed by atoms with E-state index in [1.165, 1.54) is 0 Å². The van der Waals surface area contributed by atoms with Gasteiger partial charge >= 0.3 is 0 Å². The third kappa shape index (κ3) is 7.43. The quantitative estimate of drug-likeness (QED) is 0.136. The number of nitriles is 1. The molecule has 3 aliphatic carbocycles. The summed E-state index contributed by atoms with van der Waals surface area (Å²) in [5.74, 6) is 0.184. The highest BCUT2D eigenvalue weighted by molar-refractivity contribution is 7.90. The van der Waals surface area contributed by atoms with Crippen LogP contribution in [-0.2, 0) is 34.2 Å². The number of amides is 1. The molecule has 2 N–H and O–H groups in total. The number of pyridine rings is 1. The number of nitrogens with one attached hydrogen (secondary N) is 1. The molecule has 13 nitrogen and oxygen atoms in total. The van der Waals surface area contributed by atoms with Crippen LogP contribution < -0.4 is 14.2 Å². The third-order valence-corrected chi connectivity index (χ3v) is 15.5. The van der Waals surface area contributed by atoms with E-state index >= 15 is 0 Å². The normalized spacial score (nSPS) is 22.7. The van der Waals surface area contributed by atoms with Crippen LogP contribution in [0.25, 0.3) is 33.7 Å². The van der Waals surface area contributed by atoms with Crippen molar-refractivity contribution in [3.8, 4) is 40.4 Å². The van der Waals surface area contributed by atoms with Gasteiger partial charge in [-0.1, -0.05) is 53.5 Å². The molecule has 0 radical (unpaired) electrons. The Labute approximate surface area is 363 Å². The van der Waals surface area contributed by atoms with Crippen LogP contribution in [-0.4, -0.2) is 83.8 Å². The summed E-state index contributed by atoms with van der Waals surface area (Å²) in [6.45, 7) is 3.03. The summed E-state index contributed by atoms with van der Waals surface area (Å²) in [6.07, 6.45) is 4.74. The zero-order chi connectivity index (χ0) is 42.2. The predicted molar refractivity (Wildman–Crippen MR) is 229 cm³/mol. The molecule has 16 heteroatoms. The molecule has 4 atom stereocenters. The van der Waals surface area contributed by atoms with Gasteiger partial charge in [-0.2, -0.15) is 10.2 Å². The van der Waals surface area contributed by atoms with Gasteiger partial charge in [0.15, 0.2) is 5.58 Å². The Hall–Kier alpha value is -4.75. The van der Waals surface area contributed by atoms with Crippen LogP contribution in [0.3, 0.4) is 0 Å². The number of halogens is 2. The first-order valence-corrected chi connectivity index (χ1v) is 23.2. The Balaban J connectivity index is 0.898. The fourth-order valence-electron chi connectivity index (χ4n) is 9.80. The van der Waals surface area contributed by atoms with E-state index in [1.54, 1.807) is 7.11 Å². The first-order valence-electron chi connectivity index (χ1n) is 20.9. The Morgan fingerprint density at radius 1 is 0.951 bits per heavy atom. The topological polar surface area (TPSA) is 171 Å². The van der Waals surface area contributed by atoms with E-state index in [9.17, 15) is 23.6 Å². The van der Waals surface area contributed by atoms with Crippen LogP contribution in [0.15, 0.2) is 52.9 Å². The second kappa shape index (κ2) is 15.9. The summed E-state index contributed by atoms with van der Waals surface area (Å²) in [7, 11) is -2.04. The van der Waals surface area contributed by atoms with Crippen molar-refractivity contribution in [3.05, 3.63) is 92.0 Å². The fraction of sp³-hybridized carbons (Fsp3) is 0.422. The number of nitrogens with zero attached hydrogens (tertiary/aromatic N) is 5. The van der Waals surface area contributed by atoms with Crippen LogP contribution in [0.4, 0.5) is 0 Å². The van der Waals surface area contributed by atoms with Gasteiger partial charge in [0.25, 0.3) is 0 Å². The molecule has 1 saturated carbocycles. The molecular weight excluding hydrogens is 840 g/mol. The molecule has 2 saturated heterocycles. The van der Waals surface area contributed by atoms with Gasteiger partial charge in [0.2, 0.25) is 33.6 Å². The highest BCUT2D eigenvalue weighted by Crippen LogP contribution is 2.47. The number of likely N-dealkylation sites (tertiary alicyclic amines) is 2. The average molecular weight is 884 g/mol. The molecule has 61 heavy (non-hydrogen) atoms. The van der Waals surface area contributed by atoms with Gasteiger partial charge < -0.3 is 19.0 Å². The van der Waals surface area contributed by atoms with Crippen LogP contribution >= 0.6 is 23.2 Å². The summed E-state index contributed by atoms with van der Waals surface area (Å²) >= 11 is 14.0. The van der Waals surface area contributed by atoms with Crippen molar-refractivity contribution in [3.63, 3.8) is 0 Å². The molecule has 5 aliphatic rings. The van der Waals surface area contributed by atoms with Crippen LogP contribution in [0.5, 0.6) is 11.8 Å². The molecule has 0 bridgehead atoms. The number of rotatable bonds is 11. The van der Waals surface area contributed by atoms with E-state index in [-0.39, 0.29) is 18.2 Å². The number of aliphatic hydroxyl groups is 1. The number of hydrogen-bond acceptors (Lipinski definition) is 12. The molecule has 1 amide bonds. The number of aromatic nitrogens is 2. The van der Waals surface area contributed by atoms with Crippen molar-refractivity contribution in [2.24, 2.45) is 5.92 Å². The van der Waals surface area contributed by atoms with Crippen LogP contribution in [0.2, 0.25) is 10.0 Å². The lowest BCUT2D eigenvalue weighted by Gasteiger charge is -2.24. The molecule has 3 fully saturated rings. The third-order valence-electron chi connectivity index (χ3n) is 13.0. The number of fused-ring (bicyclic) bond motifs is 3. The minimum Gasteiger partial charge on any atom is -0.481 e. The van der Waals surface area contributed by atoms with E-state index in [0.29, 0.717) is 108 Å². The van der Waals surface area contributed by atoms with Gasteiger partial charge in [-0.3, -0.25) is 19.3 Å². The van der Waals surface area contributed by atoms with E-state index < -0.39 is 27.1 Å². The smallest absolute Gasteiger partial charge is 0.237 e. The lowest BCUT2D eigenvalue weighted by atomic mass is 9.95. The number of carbonyl (C=O) groups excluding carboxylic acids is 1. The van der Waals surface area contributed by atoms with E-state index in [0.717, 1.165) is 64.8 Å². The summed E-state index contributed by atoms with van der Waals surface area (Å²) in [4.78, 5) is 26.9. The van der Waals surface area contributed by atoms with Gasteiger partial charge in [0, 0.05) is 43.3 Å². The number of benzene rings is 3. The van der Waals surface area contributed by atoms with E-state index in [4.69, 9.17) is 42.1 Å². The number of methoxy groups -OCH3 is 1. The predicted octanol–water partition coefficient (Wildman–Crippen LogP) is 7.29. The Bertz CT molecular complexity index is 2750. The largest absolute Gasteiger partial charge is 0.481 e. The summed E-state index contributed by atoms with van der Waals surface area (Å²) in [5.41, 5.74) is 8.65. The van der Waals surface area contributed by atoms with Gasteiger partial charge in [0.05, 0.1) is 35.0 Å². The first-order chi connectivity index (χ1) is 29.5. The number of carbonyl (C=O) groups is 1. The molecule has 0 spiro atoms. The van der Waals surface area contributed by atoms with Crippen molar-refractivity contribution < 1.29 is 32.2 Å². The molecule has 2 aromatic heterocycles. The van der Waals surface area contributed by atoms with Crippen molar-refractivity contribution in [2.75, 3.05) is 33.3 Å². The van der Waals surface area contributed by atoms with Crippen LogP contribution in [0.1, 0.15) is 84.1 Å². The van der Waals surface area contributed by atoms with Gasteiger partial charge in [0.1, 0.15) is 28.3 Å². The minimum absolute atomic E-state index is 0.0341. The maximum absolute atomic E-state index is 13.0. The molecule has 5 aromatic rings. The molecule has 3 aromatic carbocycles. The van der Waals surface area contributed by atoms with Crippen molar-refractivity contribution in [2.45, 2.75) is 81.4 Å². The number of hydrogen-bond donors (Lipinski definition) is 2. The van der Waals surface area contributed by atoms with Crippen molar-refractivity contribution in [1.82, 2.24) is 24.5 Å². The summed E-state index contributed by atoms with van der Waals surface area (Å²) in [6, 6.07) is 18.0. The first kappa shape index (κ1) is 40.3. The maximum atomic E-state index is 13.0. The van der Waals surface area contributed by atoms with Gasteiger partial charge in [-0.05, 0) is 104 Å². The van der Waals surface area contributed by atoms with E-state index in [1.807, 2.05) is 42.5 Å². The van der Waals surface area contributed by atoms with Gasteiger partial charge in [-0.25, -0.2) is 13.4 Å². The summed E-state index contributed by atoms with van der Waals surface area (Å²) < 4.78 is 45.8. The highest BCUT2D eigenvalue weighted by Gasteiger charge is 2.41. The van der Waals surface area contributed by atoms with Crippen molar-refractivity contribution >= 4 is 50.2 Å². The molecule has 4 heterocycles. The lowest BCUT2D eigenvalue weighted by Crippen LogP contribution is -2.38. The standard InChI is InChI=1S/C45H44Cl2N6O7S/c1-58-43-25(21-52-16-15-26(54)23-52)18-36(46)45(50-43)59-39-13-11-29-28(4-2-5-31(29)39)32-6-3-7-33(40(32)47)44-49-37-19-34-30(35(20-48)41(37)60-44)10-12-38(34)53-17-14-24(22-53)42(55)51-61(56,57)27-8-9-27/h2-7,18-19,24,26-27,38-39,54H,8-17,21-23H2,1H3,(H,51,55)/t24-,26-,38-,39+/m1/s1. The van der Waals surface area contributed by atoms with Gasteiger partial charge in [-0.15, -0.1) is 0 Å². The second-order valence-corrected chi connectivity index (χ2v) is 19.6. The Kier molecular flexibility index (Phi) is 10.5. The number of β-amino-alcohol motifs (C(OH)–C–C–N with tert-alkyl or cyclic N) is 1. The number of aliphatic hydroxyl groups excluding tert-OH is 1. The number of ether oxygens (including phenoxy) is 2. The zero-order valence-corrected chi connectivity index (χ0v) is 35.8. The molecule has 10 rings (SSSR count). The van der Waals surface area contributed by atoms with Crippen LogP contribution in [0, 0.1) is 17.2 Å². The zero-order valence-electron chi connectivity index (χ0n) is 33.5. The second-order valence-electron chi connectivity index (χ2n) is 16.9. The molecule has 2 aliphatic heterocycles. The minimum atomic E-state index is -3.61. The number of sulfonamides is 1. The Morgan fingerprint density at radius 2 is 1.74 bits per heavy atom. The SMILES string of the molecule is COc1nc(O[C@H]2CCc3c(-c4cccc(-c5nc6cc7c(c(C#N)c6o5)CC[C@H]7N5CC[C@@H](C(=O)NS(=O)(=O)C6CC6)C5)c4Cl)cccc32)c(Cl)cc1CN1CC[C@@H](O)C1. The average Bonchev–Trinajstić information content (AvgIpc) is 3.66. The maximum Gasteiger partial charge on any atom is 0.237 e. The molecular formula is C45H44Cl2N6O7S. The summed E-state index contributed by atoms with van der Waals surface area (Å²) in [5, 5.41) is 20.8. The monoisotopic (exact) mass is 882 g/mol. The molecule has 316 valence electrons. The highest BCUT2D eigenvalue weighted by atomic mass is 35.5.